The van der Waals surface area contributed by atoms with E-state index in [1.54, 1.807) is 0 Å². The van der Waals surface area contributed by atoms with Crippen LogP contribution in [0.2, 0.25) is 5.02 Å². The van der Waals surface area contributed by atoms with Crippen molar-refractivity contribution in [3.63, 3.8) is 0 Å². The molecule has 0 fully saturated rings. The zero-order chi connectivity index (χ0) is 13.3. The fourth-order valence-electron chi connectivity index (χ4n) is 1.19. The molecule has 0 aliphatic heterocycles. The second-order valence-electron chi connectivity index (χ2n) is 3.72. The van der Waals surface area contributed by atoms with Crippen molar-refractivity contribution in [2.45, 2.75) is 41.0 Å². The van der Waals surface area contributed by atoms with Gasteiger partial charge in [0.15, 0.2) is 0 Å². The van der Waals surface area contributed by atoms with Crippen molar-refractivity contribution in [3.8, 4) is 0 Å². The number of benzene rings is 1. The molecule has 0 aliphatic rings. The molecule has 94 valence electrons. The van der Waals surface area contributed by atoms with Crippen molar-refractivity contribution >= 4 is 17.2 Å². The molecule has 0 aromatic heterocycles. The van der Waals surface area contributed by atoms with Gasteiger partial charge in [0.05, 0.1) is 0 Å². The zero-order valence-corrected chi connectivity index (χ0v) is 12.3. The Labute approximate surface area is 111 Å². The maximum Gasteiger partial charge on any atom is 0.0406 e. The molecule has 1 aromatic carbocycles. The average molecular weight is 251 g/mol. The van der Waals surface area contributed by atoms with Gasteiger partial charge in [0, 0.05) is 5.02 Å². The Morgan fingerprint density at radius 1 is 1.06 bits per heavy atom. The summed E-state index contributed by atoms with van der Waals surface area (Å²) in [6.07, 6.45) is 5.43. The summed E-state index contributed by atoms with van der Waals surface area (Å²) in [5.74, 6) is 0. The van der Waals surface area contributed by atoms with Crippen molar-refractivity contribution in [3.05, 3.63) is 52.6 Å². The number of halogens is 1. The zero-order valence-electron chi connectivity index (χ0n) is 11.5. The largest absolute Gasteiger partial charge is 0.0843 e. The van der Waals surface area contributed by atoms with Gasteiger partial charge in [-0.2, -0.15) is 0 Å². The lowest BCUT2D eigenvalue weighted by Gasteiger charge is -2.00. The first kappa shape index (κ1) is 16.0. The molecule has 0 N–H and O–H groups in total. The molecule has 1 heteroatoms. The quantitative estimate of drug-likeness (QED) is 0.567. The van der Waals surface area contributed by atoms with Gasteiger partial charge in [-0.1, -0.05) is 62.2 Å². The minimum absolute atomic E-state index is 0.784. The Kier molecular flexibility index (Phi) is 8.53. The molecule has 1 aromatic rings. The lowest BCUT2D eigenvalue weighted by molar-refractivity contribution is 1.10. The molecule has 0 saturated carbocycles. The summed E-state index contributed by atoms with van der Waals surface area (Å²) in [7, 11) is 0. The molecule has 0 nitrogen and oxygen atoms in total. The smallest absolute Gasteiger partial charge is 0.0406 e. The third-order valence-corrected chi connectivity index (χ3v) is 2.73. The molecule has 0 unspecified atom stereocenters. The van der Waals surface area contributed by atoms with Crippen molar-refractivity contribution in [1.29, 1.82) is 0 Å². The van der Waals surface area contributed by atoms with E-state index in [1.165, 1.54) is 16.7 Å². The summed E-state index contributed by atoms with van der Waals surface area (Å²) < 4.78 is 0. The van der Waals surface area contributed by atoms with Crippen LogP contribution in [0.3, 0.4) is 0 Å². The van der Waals surface area contributed by atoms with Gasteiger partial charge in [-0.15, -0.1) is 0 Å². The van der Waals surface area contributed by atoms with Crippen LogP contribution in [-0.2, 0) is 0 Å². The maximum absolute atomic E-state index is 5.83. The van der Waals surface area contributed by atoms with Gasteiger partial charge < -0.3 is 0 Å². The van der Waals surface area contributed by atoms with E-state index >= 15 is 0 Å². The Hall–Kier alpha value is -1.01. The predicted octanol–water partition coefficient (Wildman–Crippen LogP) is 6.13. The molecule has 0 heterocycles. The number of hydrogen-bond donors (Lipinski definition) is 0. The van der Waals surface area contributed by atoms with Crippen molar-refractivity contribution in [2.24, 2.45) is 0 Å². The summed E-state index contributed by atoms with van der Waals surface area (Å²) >= 11 is 5.83. The minimum Gasteiger partial charge on any atom is -0.0843 e. The van der Waals surface area contributed by atoms with Crippen LogP contribution in [0.4, 0.5) is 0 Å². The molecule has 0 saturated heterocycles. The monoisotopic (exact) mass is 250 g/mol. The standard InChI is InChI=1S/C14H17Cl.C2H6/c1-4-11(2)5-6-12(3)13-7-9-14(15)10-8-13;1-2/h5-10H,4H2,1-3H3;1-2H3/b11-5+,12-6+;. The summed E-state index contributed by atoms with van der Waals surface area (Å²) in [6, 6.07) is 7.93. The molecule has 0 aliphatic carbocycles. The molecular weight excluding hydrogens is 228 g/mol. The predicted molar refractivity (Wildman–Crippen MR) is 80.5 cm³/mol. The van der Waals surface area contributed by atoms with Gasteiger partial charge in [-0.05, 0) is 43.5 Å². The van der Waals surface area contributed by atoms with Crippen molar-refractivity contribution < 1.29 is 0 Å². The summed E-state index contributed by atoms with van der Waals surface area (Å²) in [4.78, 5) is 0. The normalized spacial score (nSPS) is 11.9. The van der Waals surface area contributed by atoms with Gasteiger partial charge in [0.25, 0.3) is 0 Å². The van der Waals surface area contributed by atoms with Crippen LogP contribution >= 0.6 is 11.6 Å². The lowest BCUT2D eigenvalue weighted by atomic mass is 10.1. The molecular formula is C16H23Cl. The first-order valence-corrected chi connectivity index (χ1v) is 6.61. The van der Waals surface area contributed by atoms with Crippen LogP contribution in [0, 0.1) is 0 Å². The van der Waals surface area contributed by atoms with Crippen LogP contribution in [0.25, 0.3) is 5.57 Å². The maximum atomic E-state index is 5.83. The minimum atomic E-state index is 0.784. The molecule has 0 atom stereocenters. The highest BCUT2D eigenvalue weighted by Crippen LogP contribution is 2.17. The number of allylic oxidation sites excluding steroid dienone is 4. The van der Waals surface area contributed by atoms with Crippen LogP contribution < -0.4 is 0 Å². The second-order valence-corrected chi connectivity index (χ2v) is 4.16. The molecule has 17 heavy (non-hydrogen) atoms. The fourth-order valence-corrected chi connectivity index (χ4v) is 1.32. The van der Waals surface area contributed by atoms with E-state index in [4.69, 9.17) is 11.6 Å². The highest BCUT2D eigenvalue weighted by Gasteiger charge is 1.94. The van der Waals surface area contributed by atoms with Gasteiger partial charge >= 0.3 is 0 Å². The van der Waals surface area contributed by atoms with E-state index in [2.05, 4.69) is 32.9 Å². The van der Waals surface area contributed by atoms with Gasteiger partial charge in [0.1, 0.15) is 0 Å². The van der Waals surface area contributed by atoms with E-state index in [9.17, 15) is 0 Å². The Morgan fingerprint density at radius 2 is 1.59 bits per heavy atom. The Bertz CT molecular complexity index is 369. The topological polar surface area (TPSA) is 0 Å². The SMILES string of the molecule is CC.CC/C(C)=C/C=C(\C)c1ccc(Cl)cc1. The van der Waals surface area contributed by atoms with E-state index in [0.29, 0.717) is 0 Å². The lowest BCUT2D eigenvalue weighted by Crippen LogP contribution is -1.78. The first-order valence-electron chi connectivity index (χ1n) is 6.23. The first-order chi connectivity index (χ1) is 8.13. The Morgan fingerprint density at radius 3 is 2.06 bits per heavy atom. The third-order valence-electron chi connectivity index (χ3n) is 2.48. The Balaban J connectivity index is 0.00000121. The van der Waals surface area contributed by atoms with E-state index < -0.39 is 0 Å². The van der Waals surface area contributed by atoms with Crippen LogP contribution in [-0.4, -0.2) is 0 Å². The van der Waals surface area contributed by atoms with Gasteiger partial charge in [0.2, 0.25) is 0 Å². The number of hydrogen-bond acceptors (Lipinski definition) is 0. The molecule has 1 rings (SSSR count). The highest BCUT2D eigenvalue weighted by molar-refractivity contribution is 6.30. The molecule has 0 radical (unpaired) electrons. The summed E-state index contributed by atoms with van der Waals surface area (Å²) in [5, 5.41) is 0.784. The van der Waals surface area contributed by atoms with Crippen molar-refractivity contribution in [2.75, 3.05) is 0 Å². The molecule has 0 spiro atoms. The molecule has 0 bridgehead atoms. The van der Waals surface area contributed by atoms with Crippen molar-refractivity contribution in [1.82, 2.24) is 0 Å². The van der Waals surface area contributed by atoms with E-state index in [0.717, 1.165) is 11.4 Å². The summed E-state index contributed by atoms with van der Waals surface area (Å²) in [6.45, 7) is 10.4. The fraction of sp³-hybridized carbons (Fsp3) is 0.375. The molecule has 0 amide bonds. The second kappa shape index (κ2) is 9.07. The van der Waals surface area contributed by atoms with Gasteiger partial charge in [-0.3, -0.25) is 0 Å². The van der Waals surface area contributed by atoms with Gasteiger partial charge in [-0.25, -0.2) is 0 Å². The summed E-state index contributed by atoms with van der Waals surface area (Å²) in [5.41, 5.74) is 3.88. The highest BCUT2D eigenvalue weighted by atomic mass is 35.5. The average Bonchev–Trinajstić information content (AvgIpc) is 2.38. The van der Waals surface area contributed by atoms with Crippen LogP contribution in [0.15, 0.2) is 42.0 Å². The van der Waals surface area contributed by atoms with Crippen LogP contribution in [0.1, 0.15) is 46.6 Å². The van der Waals surface area contributed by atoms with E-state index in [-0.39, 0.29) is 0 Å². The van der Waals surface area contributed by atoms with E-state index in [1.807, 2.05) is 38.1 Å². The third kappa shape index (κ3) is 6.33. The number of rotatable bonds is 3. The van der Waals surface area contributed by atoms with Crippen LogP contribution in [0.5, 0.6) is 0 Å².